The van der Waals surface area contributed by atoms with Crippen LogP contribution in [-0.4, -0.2) is 23.1 Å². The van der Waals surface area contributed by atoms with Gasteiger partial charge in [-0.2, -0.15) is 0 Å². The van der Waals surface area contributed by atoms with Crippen LogP contribution in [0.5, 0.6) is 0 Å². The first-order valence-corrected chi connectivity index (χ1v) is 6.06. The van der Waals surface area contributed by atoms with Crippen molar-refractivity contribution in [2.75, 3.05) is 18.8 Å². The van der Waals surface area contributed by atoms with E-state index in [1.54, 1.807) is 0 Å². The minimum absolute atomic E-state index is 0.299. The maximum atomic E-state index is 6.15. The van der Waals surface area contributed by atoms with E-state index in [4.69, 9.17) is 17.3 Å². The Kier molecular flexibility index (Phi) is 2.61. The molecule has 5 heteroatoms. The number of nitrogens with one attached hydrogen (secondary N) is 1. The van der Waals surface area contributed by atoms with Crippen LogP contribution >= 0.6 is 11.6 Å². The molecule has 3 rings (SSSR count). The predicted octanol–water partition coefficient (Wildman–Crippen LogP) is 1.94. The SMILES string of the molecule is Nc1nc(C2CCNC2)c2cccc(Cl)c2n1. The highest BCUT2D eigenvalue weighted by Crippen LogP contribution is 2.30. The maximum absolute atomic E-state index is 6.15. The van der Waals surface area contributed by atoms with Crippen molar-refractivity contribution in [2.24, 2.45) is 0 Å². The topological polar surface area (TPSA) is 63.8 Å². The zero-order valence-electron chi connectivity index (χ0n) is 9.28. The van der Waals surface area contributed by atoms with Crippen molar-refractivity contribution in [3.63, 3.8) is 0 Å². The van der Waals surface area contributed by atoms with Crippen LogP contribution in [0.4, 0.5) is 5.95 Å². The highest BCUT2D eigenvalue weighted by Gasteiger charge is 2.21. The van der Waals surface area contributed by atoms with E-state index in [0.29, 0.717) is 16.9 Å². The molecule has 0 spiro atoms. The summed E-state index contributed by atoms with van der Waals surface area (Å²) in [5.74, 6) is 0.703. The van der Waals surface area contributed by atoms with Crippen LogP contribution in [-0.2, 0) is 0 Å². The Labute approximate surface area is 104 Å². The molecule has 0 amide bonds. The Morgan fingerprint density at radius 3 is 3.00 bits per heavy atom. The molecule has 2 heterocycles. The quantitative estimate of drug-likeness (QED) is 0.810. The number of anilines is 1. The second-order valence-electron chi connectivity index (χ2n) is 4.29. The molecular formula is C12H13ClN4. The average molecular weight is 249 g/mol. The van der Waals surface area contributed by atoms with Crippen molar-refractivity contribution in [3.05, 3.63) is 28.9 Å². The molecule has 0 aliphatic carbocycles. The van der Waals surface area contributed by atoms with Gasteiger partial charge in [-0.1, -0.05) is 23.7 Å². The summed E-state index contributed by atoms with van der Waals surface area (Å²) in [6, 6.07) is 5.76. The summed E-state index contributed by atoms with van der Waals surface area (Å²) in [6.07, 6.45) is 1.08. The van der Waals surface area contributed by atoms with Gasteiger partial charge in [0.25, 0.3) is 0 Å². The smallest absolute Gasteiger partial charge is 0.220 e. The summed E-state index contributed by atoms with van der Waals surface area (Å²) >= 11 is 6.15. The van der Waals surface area contributed by atoms with E-state index >= 15 is 0 Å². The number of rotatable bonds is 1. The lowest BCUT2D eigenvalue weighted by molar-refractivity contribution is 0.742. The number of para-hydroxylation sites is 1. The van der Waals surface area contributed by atoms with Crippen LogP contribution < -0.4 is 11.1 Å². The van der Waals surface area contributed by atoms with Crippen LogP contribution in [0.3, 0.4) is 0 Å². The minimum atomic E-state index is 0.299. The molecule has 1 aliphatic rings. The van der Waals surface area contributed by atoms with Gasteiger partial charge in [-0.05, 0) is 19.0 Å². The van der Waals surface area contributed by atoms with Crippen molar-refractivity contribution in [1.82, 2.24) is 15.3 Å². The number of nitrogen functional groups attached to an aromatic ring is 1. The van der Waals surface area contributed by atoms with E-state index in [0.717, 1.165) is 36.1 Å². The molecule has 88 valence electrons. The highest BCUT2D eigenvalue weighted by molar-refractivity contribution is 6.35. The van der Waals surface area contributed by atoms with Gasteiger partial charge in [0.2, 0.25) is 5.95 Å². The van der Waals surface area contributed by atoms with Gasteiger partial charge in [0.1, 0.15) is 0 Å². The molecule has 1 fully saturated rings. The molecule has 3 N–H and O–H groups in total. The fraction of sp³-hybridized carbons (Fsp3) is 0.333. The van der Waals surface area contributed by atoms with Gasteiger partial charge >= 0.3 is 0 Å². The van der Waals surface area contributed by atoms with Crippen LogP contribution in [0.25, 0.3) is 10.9 Å². The number of nitrogens with two attached hydrogens (primary N) is 1. The molecule has 1 aromatic carbocycles. The predicted molar refractivity (Wildman–Crippen MR) is 69.2 cm³/mol. The zero-order chi connectivity index (χ0) is 11.8. The number of aromatic nitrogens is 2. The Hall–Kier alpha value is -1.39. The van der Waals surface area contributed by atoms with E-state index in [1.807, 2.05) is 18.2 Å². The van der Waals surface area contributed by atoms with Gasteiger partial charge in [0, 0.05) is 17.8 Å². The van der Waals surface area contributed by atoms with Gasteiger partial charge in [-0.3, -0.25) is 0 Å². The van der Waals surface area contributed by atoms with Crippen LogP contribution in [0.1, 0.15) is 18.0 Å². The summed E-state index contributed by atoms with van der Waals surface area (Å²) < 4.78 is 0. The van der Waals surface area contributed by atoms with E-state index in [1.165, 1.54) is 0 Å². The third kappa shape index (κ3) is 1.83. The van der Waals surface area contributed by atoms with Crippen LogP contribution in [0.2, 0.25) is 5.02 Å². The Balaban J connectivity index is 2.25. The molecule has 2 aromatic rings. The molecule has 1 atom stereocenters. The number of halogens is 1. The number of fused-ring (bicyclic) bond motifs is 1. The molecule has 1 saturated heterocycles. The van der Waals surface area contributed by atoms with Crippen molar-refractivity contribution in [3.8, 4) is 0 Å². The molecule has 17 heavy (non-hydrogen) atoms. The normalized spacial score (nSPS) is 19.9. The standard InChI is InChI=1S/C12H13ClN4/c13-9-3-1-2-8-10(7-4-5-15-6-7)16-12(14)17-11(8)9/h1-3,7,15H,4-6H2,(H2,14,16,17). The molecule has 1 aromatic heterocycles. The second-order valence-corrected chi connectivity index (χ2v) is 4.70. The van der Waals surface area contributed by atoms with Crippen LogP contribution in [0, 0.1) is 0 Å². The summed E-state index contributed by atoms with van der Waals surface area (Å²) in [6.45, 7) is 1.97. The molecule has 0 saturated carbocycles. The third-order valence-electron chi connectivity index (χ3n) is 3.17. The Morgan fingerprint density at radius 2 is 2.24 bits per heavy atom. The van der Waals surface area contributed by atoms with Gasteiger partial charge in [0.15, 0.2) is 0 Å². The van der Waals surface area contributed by atoms with Crippen molar-refractivity contribution in [1.29, 1.82) is 0 Å². The summed E-state index contributed by atoms with van der Waals surface area (Å²) in [5.41, 5.74) is 7.53. The largest absolute Gasteiger partial charge is 0.368 e. The Morgan fingerprint density at radius 1 is 1.35 bits per heavy atom. The summed E-state index contributed by atoms with van der Waals surface area (Å²) in [4.78, 5) is 8.61. The number of nitrogens with zero attached hydrogens (tertiary/aromatic N) is 2. The lowest BCUT2D eigenvalue weighted by atomic mass is 10.0. The van der Waals surface area contributed by atoms with Crippen molar-refractivity contribution < 1.29 is 0 Å². The molecule has 4 nitrogen and oxygen atoms in total. The summed E-state index contributed by atoms with van der Waals surface area (Å²) in [5, 5.41) is 4.98. The zero-order valence-corrected chi connectivity index (χ0v) is 10.0. The van der Waals surface area contributed by atoms with Gasteiger partial charge in [0.05, 0.1) is 16.2 Å². The lowest BCUT2D eigenvalue weighted by Crippen LogP contribution is -2.10. The first-order valence-electron chi connectivity index (χ1n) is 5.68. The van der Waals surface area contributed by atoms with E-state index < -0.39 is 0 Å². The van der Waals surface area contributed by atoms with Gasteiger partial charge in [-0.15, -0.1) is 0 Å². The molecule has 1 aliphatic heterocycles. The first-order chi connectivity index (χ1) is 8.25. The Bertz CT molecular complexity index is 564. The lowest BCUT2D eigenvalue weighted by Gasteiger charge is -2.12. The monoisotopic (exact) mass is 248 g/mol. The fourth-order valence-electron chi connectivity index (χ4n) is 2.36. The van der Waals surface area contributed by atoms with Crippen molar-refractivity contribution in [2.45, 2.75) is 12.3 Å². The average Bonchev–Trinajstić information content (AvgIpc) is 2.83. The van der Waals surface area contributed by atoms with Gasteiger partial charge in [-0.25, -0.2) is 9.97 Å². The van der Waals surface area contributed by atoms with Gasteiger partial charge < -0.3 is 11.1 Å². The molecule has 0 bridgehead atoms. The molecular weight excluding hydrogens is 236 g/mol. The highest BCUT2D eigenvalue weighted by atomic mass is 35.5. The second kappa shape index (κ2) is 4.13. The number of benzene rings is 1. The van der Waals surface area contributed by atoms with Crippen LogP contribution in [0.15, 0.2) is 18.2 Å². The molecule has 0 radical (unpaired) electrons. The van der Waals surface area contributed by atoms with E-state index in [9.17, 15) is 0 Å². The van der Waals surface area contributed by atoms with E-state index in [-0.39, 0.29) is 0 Å². The third-order valence-corrected chi connectivity index (χ3v) is 3.48. The minimum Gasteiger partial charge on any atom is -0.368 e. The fourth-order valence-corrected chi connectivity index (χ4v) is 2.57. The summed E-state index contributed by atoms with van der Waals surface area (Å²) in [7, 11) is 0. The maximum Gasteiger partial charge on any atom is 0.220 e. The number of hydrogen-bond acceptors (Lipinski definition) is 4. The first kappa shape index (κ1) is 10.7. The van der Waals surface area contributed by atoms with E-state index in [2.05, 4.69) is 15.3 Å². The van der Waals surface area contributed by atoms with Crippen molar-refractivity contribution >= 4 is 28.5 Å². The molecule has 1 unspecified atom stereocenters. The number of hydrogen-bond donors (Lipinski definition) is 2.